The lowest BCUT2D eigenvalue weighted by Crippen LogP contribution is -2.27. The molecule has 1 unspecified atom stereocenters. The van der Waals surface area contributed by atoms with Crippen molar-refractivity contribution in [2.75, 3.05) is 24.7 Å². The summed E-state index contributed by atoms with van der Waals surface area (Å²) in [6.07, 6.45) is 1.17. The molecule has 8 heteroatoms. The van der Waals surface area contributed by atoms with Gasteiger partial charge in [-0.1, -0.05) is 12.1 Å². The second kappa shape index (κ2) is 6.09. The van der Waals surface area contributed by atoms with E-state index in [1.54, 1.807) is 18.2 Å². The Hall–Kier alpha value is -2.51. The van der Waals surface area contributed by atoms with Crippen molar-refractivity contribution in [3.63, 3.8) is 0 Å². The number of nitrogens with zero attached hydrogens (tertiary/aromatic N) is 2. The van der Waals surface area contributed by atoms with E-state index >= 15 is 0 Å². The minimum atomic E-state index is -1.66. The highest BCUT2D eigenvalue weighted by molar-refractivity contribution is 5.56. The Balaban J connectivity index is 1.81. The molecule has 4 nitrogen and oxygen atoms in total. The molecule has 2 aromatic rings. The molecule has 1 aromatic carbocycles. The molecule has 0 N–H and O–H groups in total. The summed E-state index contributed by atoms with van der Waals surface area (Å²) in [4.78, 5) is 3.94. The van der Waals surface area contributed by atoms with E-state index in [0.717, 1.165) is 0 Å². The lowest BCUT2D eigenvalue weighted by atomic mass is 10.0. The van der Waals surface area contributed by atoms with Gasteiger partial charge in [-0.15, -0.1) is 0 Å². The molecule has 1 aromatic heterocycles. The number of pyridine rings is 1. The SMILES string of the molecule is Fc1nc(F)c(F)c(N2CCCC2c2cccc3c2OCCO3)c1F. The fraction of sp³-hybridized carbons (Fsp3) is 0.353. The molecule has 132 valence electrons. The molecule has 0 amide bonds. The predicted molar refractivity (Wildman–Crippen MR) is 80.8 cm³/mol. The molecule has 2 aliphatic heterocycles. The number of ether oxygens (including phenoxy) is 2. The molecule has 1 fully saturated rings. The Labute approximate surface area is 141 Å². The topological polar surface area (TPSA) is 34.6 Å². The number of hydrogen-bond donors (Lipinski definition) is 0. The number of hydrogen-bond acceptors (Lipinski definition) is 4. The number of benzene rings is 1. The van der Waals surface area contributed by atoms with Gasteiger partial charge in [0.25, 0.3) is 11.9 Å². The second-order valence-electron chi connectivity index (χ2n) is 5.89. The first kappa shape index (κ1) is 16.0. The average Bonchev–Trinajstić information content (AvgIpc) is 3.09. The van der Waals surface area contributed by atoms with Crippen LogP contribution >= 0.6 is 0 Å². The van der Waals surface area contributed by atoms with Crippen molar-refractivity contribution in [1.29, 1.82) is 0 Å². The quantitative estimate of drug-likeness (QED) is 0.608. The number of anilines is 1. The van der Waals surface area contributed by atoms with Gasteiger partial charge >= 0.3 is 0 Å². The Morgan fingerprint density at radius 3 is 2.48 bits per heavy atom. The Kier molecular flexibility index (Phi) is 3.89. The summed E-state index contributed by atoms with van der Waals surface area (Å²) in [5.74, 6) is -5.26. The largest absolute Gasteiger partial charge is 0.486 e. The van der Waals surface area contributed by atoms with Crippen LogP contribution in [0.15, 0.2) is 18.2 Å². The van der Waals surface area contributed by atoms with Crippen LogP contribution in [0.1, 0.15) is 24.4 Å². The summed E-state index contributed by atoms with van der Waals surface area (Å²) in [5, 5.41) is 0. The van der Waals surface area contributed by atoms with Crippen molar-refractivity contribution in [2.24, 2.45) is 0 Å². The maximum Gasteiger partial charge on any atom is 0.253 e. The third kappa shape index (κ3) is 2.56. The first-order chi connectivity index (χ1) is 12.1. The lowest BCUT2D eigenvalue weighted by molar-refractivity contribution is 0.169. The molecular weight excluding hydrogens is 340 g/mol. The first-order valence-electron chi connectivity index (χ1n) is 7.93. The van der Waals surface area contributed by atoms with Crippen molar-refractivity contribution in [2.45, 2.75) is 18.9 Å². The molecule has 1 saturated heterocycles. The minimum absolute atomic E-state index is 0.256. The van der Waals surface area contributed by atoms with Crippen molar-refractivity contribution in [3.05, 3.63) is 47.3 Å². The zero-order chi connectivity index (χ0) is 17.6. The fourth-order valence-electron chi connectivity index (χ4n) is 3.44. The van der Waals surface area contributed by atoms with Gasteiger partial charge in [-0.3, -0.25) is 0 Å². The van der Waals surface area contributed by atoms with Gasteiger partial charge in [0.2, 0.25) is 11.6 Å². The molecule has 4 rings (SSSR count). The van der Waals surface area contributed by atoms with Gasteiger partial charge in [0.05, 0.1) is 6.04 Å². The summed E-state index contributed by atoms with van der Waals surface area (Å²) < 4.78 is 66.6. The predicted octanol–water partition coefficient (Wildman–Crippen LogP) is 3.75. The third-order valence-electron chi connectivity index (χ3n) is 4.47. The molecule has 0 bridgehead atoms. The van der Waals surface area contributed by atoms with Crippen LogP contribution in [0.2, 0.25) is 0 Å². The number of halogens is 4. The van der Waals surface area contributed by atoms with Gasteiger partial charge in [0.1, 0.15) is 18.9 Å². The maximum atomic E-state index is 14.2. The second-order valence-corrected chi connectivity index (χ2v) is 5.89. The van der Waals surface area contributed by atoms with Crippen LogP contribution < -0.4 is 14.4 Å². The van der Waals surface area contributed by atoms with Crippen LogP contribution in [-0.2, 0) is 0 Å². The highest BCUT2D eigenvalue weighted by Gasteiger charge is 2.36. The van der Waals surface area contributed by atoms with Crippen LogP contribution in [0.5, 0.6) is 11.5 Å². The van der Waals surface area contributed by atoms with E-state index in [2.05, 4.69) is 4.98 Å². The third-order valence-corrected chi connectivity index (χ3v) is 4.47. The van der Waals surface area contributed by atoms with Gasteiger partial charge in [0.15, 0.2) is 11.5 Å². The number of aromatic nitrogens is 1. The van der Waals surface area contributed by atoms with E-state index in [-0.39, 0.29) is 6.54 Å². The van der Waals surface area contributed by atoms with Crippen LogP contribution in [0.3, 0.4) is 0 Å². The zero-order valence-corrected chi connectivity index (χ0v) is 13.1. The van der Waals surface area contributed by atoms with Crippen molar-refractivity contribution in [1.82, 2.24) is 4.98 Å². The lowest BCUT2D eigenvalue weighted by Gasteiger charge is -2.30. The number of fused-ring (bicyclic) bond motifs is 1. The van der Waals surface area contributed by atoms with E-state index in [1.165, 1.54) is 4.90 Å². The highest BCUT2D eigenvalue weighted by atomic mass is 19.2. The summed E-state index contributed by atoms with van der Waals surface area (Å²) in [6.45, 7) is 1.03. The van der Waals surface area contributed by atoms with Crippen LogP contribution in [0, 0.1) is 23.5 Å². The molecule has 0 aliphatic carbocycles. The van der Waals surface area contributed by atoms with Crippen molar-refractivity contribution >= 4 is 5.69 Å². The van der Waals surface area contributed by atoms with Crippen LogP contribution in [0.4, 0.5) is 23.2 Å². The van der Waals surface area contributed by atoms with Gasteiger partial charge < -0.3 is 14.4 Å². The van der Waals surface area contributed by atoms with E-state index in [9.17, 15) is 17.6 Å². The van der Waals surface area contributed by atoms with Gasteiger partial charge in [-0.25, -0.2) is 0 Å². The summed E-state index contributed by atoms with van der Waals surface area (Å²) in [5.41, 5.74) is -0.0621. The molecular formula is C17H14F4N2O2. The monoisotopic (exact) mass is 354 g/mol. The number of para-hydroxylation sites is 1. The molecule has 3 heterocycles. The Morgan fingerprint density at radius 1 is 1.00 bits per heavy atom. The first-order valence-corrected chi connectivity index (χ1v) is 7.93. The normalized spacial score (nSPS) is 19.4. The van der Waals surface area contributed by atoms with E-state index in [4.69, 9.17) is 9.47 Å². The van der Waals surface area contributed by atoms with Gasteiger partial charge in [-0.05, 0) is 18.9 Å². The molecule has 0 saturated carbocycles. The molecule has 0 spiro atoms. The van der Waals surface area contributed by atoms with Crippen LogP contribution in [-0.4, -0.2) is 24.7 Å². The Bertz CT molecular complexity index is 805. The average molecular weight is 354 g/mol. The summed E-state index contributed by atoms with van der Waals surface area (Å²) in [7, 11) is 0. The van der Waals surface area contributed by atoms with Crippen molar-refractivity contribution < 1.29 is 27.0 Å². The van der Waals surface area contributed by atoms with E-state index in [0.29, 0.717) is 43.1 Å². The van der Waals surface area contributed by atoms with E-state index in [1.807, 2.05) is 0 Å². The number of rotatable bonds is 2. The van der Waals surface area contributed by atoms with Gasteiger partial charge in [-0.2, -0.15) is 22.5 Å². The van der Waals surface area contributed by atoms with Crippen LogP contribution in [0.25, 0.3) is 0 Å². The fourth-order valence-corrected chi connectivity index (χ4v) is 3.44. The molecule has 2 aliphatic rings. The molecule has 0 radical (unpaired) electrons. The zero-order valence-electron chi connectivity index (χ0n) is 13.1. The summed E-state index contributed by atoms with van der Waals surface area (Å²) in [6, 6.07) is 4.77. The maximum absolute atomic E-state index is 14.2. The highest BCUT2D eigenvalue weighted by Crippen LogP contribution is 2.45. The Morgan fingerprint density at radius 2 is 1.72 bits per heavy atom. The minimum Gasteiger partial charge on any atom is -0.486 e. The van der Waals surface area contributed by atoms with Gasteiger partial charge in [0, 0.05) is 12.1 Å². The molecule has 25 heavy (non-hydrogen) atoms. The standard InChI is InChI=1S/C17H14F4N2O2/c18-12-14(13(19)17(21)22-16(12)20)23-6-2-4-10(23)9-3-1-5-11-15(9)25-8-7-24-11/h1,3,5,10H,2,4,6-8H2. The molecule has 1 atom stereocenters. The smallest absolute Gasteiger partial charge is 0.253 e. The van der Waals surface area contributed by atoms with Crippen molar-refractivity contribution in [3.8, 4) is 11.5 Å². The van der Waals surface area contributed by atoms with E-state index < -0.39 is 35.3 Å². The summed E-state index contributed by atoms with van der Waals surface area (Å²) >= 11 is 0.